The first-order valence-electron chi connectivity index (χ1n) is 16.5. The predicted octanol–water partition coefficient (Wildman–Crippen LogP) is 9.21. The third-order valence-corrected chi connectivity index (χ3v) is 10.3. The maximum Gasteiger partial charge on any atom is 0.269 e. The van der Waals surface area contributed by atoms with Gasteiger partial charge in [-0.3, -0.25) is 10.1 Å². The van der Waals surface area contributed by atoms with Crippen LogP contribution in [-0.4, -0.2) is 32.5 Å². The average Bonchev–Trinajstić information content (AvgIpc) is 3.19. The monoisotopic (exact) mass is 749 g/mol. The van der Waals surface area contributed by atoms with Crippen LogP contribution in [0.25, 0.3) is 0 Å². The van der Waals surface area contributed by atoms with Crippen molar-refractivity contribution in [2.45, 2.75) is 45.9 Å². The van der Waals surface area contributed by atoms with E-state index in [0.29, 0.717) is 35.6 Å². The van der Waals surface area contributed by atoms with Gasteiger partial charge in [0.2, 0.25) is 0 Å². The molecule has 6 aromatic rings. The maximum absolute atomic E-state index is 10.8. The van der Waals surface area contributed by atoms with Crippen LogP contribution in [0, 0.1) is 10.1 Å². The molecule has 6 N–H and O–H groups in total. The molecule has 53 heavy (non-hydrogen) atoms. The SMILES string of the molecule is COc1ccc(Sc2ccccc2CNc2cccc(CO)c2O)cc1.O=[N+]([O-])c1ccc(Sc2ccccc2CNc2cccc(CO)c2O)cc1. The summed E-state index contributed by atoms with van der Waals surface area (Å²) in [5, 5.41) is 56.1. The Bertz CT molecular complexity index is 2110. The van der Waals surface area contributed by atoms with E-state index in [0.717, 1.165) is 36.5 Å². The third kappa shape index (κ3) is 10.7. The van der Waals surface area contributed by atoms with Crippen LogP contribution in [0.15, 0.2) is 153 Å². The number of ether oxygens (including phenoxy) is 1. The zero-order valence-electron chi connectivity index (χ0n) is 28.8. The molecule has 0 aromatic heterocycles. The number of aliphatic hydroxyl groups is 2. The summed E-state index contributed by atoms with van der Waals surface area (Å²) in [6.45, 7) is 0.638. The van der Waals surface area contributed by atoms with E-state index in [1.54, 1.807) is 61.3 Å². The van der Waals surface area contributed by atoms with E-state index in [1.165, 1.54) is 23.9 Å². The Labute approximate surface area is 316 Å². The van der Waals surface area contributed by atoms with E-state index in [-0.39, 0.29) is 30.4 Å². The number of rotatable bonds is 14. The van der Waals surface area contributed by atoms with Gasteiger partial charge in [-0.25, -0.2) is 0 Å². The molecule has 12 heteroatoms. The molecule has 0 spiro atoms. The zero-order chi connectivity index (χ0) is 37.6. The van der Waals surface area contributed by atoms with Gasteiger partial charge in [0.15, 0.2) is 0 Å². The number of nitro groups is 1. The lowest BCUT2D eigenvalue weighted by atomic mass is 10.1. The van der Waals surface area contributed by atoms with E-state index in [1.807, 2.05) is 66.7 Å². The first-order valence-corrected chi connectivity index (χ1v) is 18.1. The van der Waals surface area contributed by atoms with Crippen LogP contribution in [0.2, 0.25) is 0 Å². The highest BCUT2D eigenvalue weighted by atomic mass is 32.2. The summed E-state index contributed by atoms with van der Waals surface area (Å²) < 4.78 is 5.20. The number of para-hydroxylation sites is 2. The number of aromatic hydroxyl groups is 2. The number of nitro benzene ring substituents is 1. The van der Waals surface area contributed by atoms with Crippen molar-refractivity contribution in [1.29, 1.82) is 0 Å². The van der Waals surface area contributed by atoms with Crippen LogP contribution in [0.3, 0.4) is 0 Å². The van der Waals surface area contributed by atoms with Gasteiger partial charge in [0, 0.05) is 55.9 Å². The summed E-state index contributed by atoms with van der Waals surface area (Å²) in [7, 11) is 1.66. The second kappa shape index (κ2) is 19.3. The third-order valence-electron chi connectivity index (χ3n) is 8.03. The molecule has 0 fully saturated rings. The molecule has 6 aromatic carbocycles. The minimum Gasteiger partial charge on any atom is -0.505 e. The summed E-state index contributed by atoms with van der Waals surface area (Å²) in [5.41, 5.74) is 4.35. The van der Waals surface area contributed by atoms with Gasteiger partial charge in [0.25, 0.3) is 5.69 Å². The molecule has 0 saturated heterocycles. The molecule has 0 aliphatic rings. The highest BCUT2D eigenvalue weighted by Crippen LogP contribution is 2.35. The van der Waals surface area contributed by atoms with Crippen LogP contribution >= 0.6 is 23.5 Å². The lowest BCUT2D eigenvalue weighted by molar-refractivity contribution is -0.384. The number of nitrogens with one attached hydrogen (secondary N) is 2. The Hall–Kier alpha value is -5.66. The quantitative estimate of drug-likeness (QED) is 0.0358. The van der Waals surface area contributed by atoms with Crippen molar-refractivity contribution in [3.8, 4) is 17.2 Å². The van der Waals surface area contributed by atoms with E-state index in [2.05, 4.69) is 22.8 Å². The fraction of sp³-hybridized carbons (Fsp3) is 0.122. The second-order valence-electron chi connectivity index (χ2n) is 11.5. The summed E-state index contributed by atoms with van der Waals surface area (Å²) in [4.78, 5) is 14.5. The summed E-state index contributed by atoms with van der Waals surface area (Å²) >= 11 is 3.20. The summed E-state index contributed by atoms with van der Waals surface area (Å²) in [6.07, 6.45) is 0. The van der Waals surface area contributed by atoms with E-state index in [4.69, 9.17) is 4.74 Å². The summed E-state index contributed by atoms with van der Waals surface area (Å²) in [5.74, 6) is 0.972. The molecule has 6 rings (SSSR count). The predicted molar refractivity (Wildman–Crippen MR) is 210 cm³/mol. The molecule has 0 aliphatic heterocycles. The number of benzene rings is 6. The standard InChI is InChI=1S/C21H21NO3S.C20H18N2O4S/c1-25-17-9-11-18(12-10-17)26-20-8-3-2-5-15(20)13-22-19-7-4-6-16(14-23)21(19)24;23-13-15-5-3-6-18(20(15)24)21-12-14-4-1-2-7-19(14)27-17-10-8-16(9-11-17)22(25)26/h2-12,22-24H,13-14H2,1H3;1-11,21,23-24H,12-13H2. The number of methoxy groups -OCH3 is 1. The fourth-order valence-electron chi connectivity index (χ4n) is 5.14. The number of non-ortho nitro benzene ring substituents is 1. The van der Waals surface area contributed by atoms with Gasteiger partial charge in [-0.2, -0.15) is 0 Å². The molecule has 0 aliphatic carbocycles. The van der Waals surface area contributed by atoms with Gasteiger partial charge in [-0.15, -0.1) is 0 Å². The van der Waals surface area contributed by atoms with Crippen molar-refractivity contribution in [2.24, 2.45) is 0 Å². The minimum atomic E-state index is -0.417. The van der Waals surface area contributed by atoms with E-state index in [9.17, 15) is 30.5 Å². The maximum atomic E-state index is 10.8. The van der Waals surface area contributed by atoms with Gasteiger partial charge >= 0.3 is 0 Å². The Kier molecular flexibility index (Phi) is 14.0. The first kappa shape index (κ1) is 38.6. The number of hydrogen-bond acceptors (Lipinski definition) is 11. The topological polar surface area (TPSA) is 157 Å². The fourth-order valence-corrected chi connectivity index (χ4v) is 7.02. The normalized spacial score (nSPS) is 10.5. The molecule has 0 radical (unpaired) electrons. The van der Waals surface area contributed by atoms with Gasteiger partial charge in [-0.1, -0.05) is 84.2 Å². The Morgan fingerprint density at radius 3 is 1.42 bits per heavy atom. The van der Waals surface area contributed by atoms with Crippen LogP contribution < -0.4 is 15.4 Å². The largest absolute Gasteiger partial charge is 0.505 e. The molecule has 272 valence electrons. The van der Waals surface area contributed by atoms with Crippen molar-refractivity contribution in [2.75, 3.05) is 17.7 Å². The molecular formula is C41H39N3O7S2. The Balaban J connectivity index is 0.000000204. The molecule has 0 atom stereocenters. The van der Waals surface area contributed by atoms with Crippen molar-refractivity contribution < 1.29 is 30.1 Å². The summed E-state index contributed by atoms with van der Waals surface area (Å²) in [6, 6.07) is 40.9. The highest BCUT2D eigenvalue weighted by molar-refractivity contribution is 7.99. The van der Waals surface area contributed by atoms with Crippen LogP contribution in [0.4, 0.5) is 17.1 Å². The molecule has 0 amide bonds. The Morgan fingerprint density at radius 1 is 0.585 bits per heavy atom. The van der Waals surface area contributed by atoms with Gasteiger partial charge in [0.1, 0.15) is 17.2 Å². The number of anilines is 2. The van der Waals surface area contributed by atoms with Crippen molar-refractivity contribution >= 4 is 40.6 Å². The molecule has 0 heterocycles. The van der Waals surface area contributed by atoms with Crippen LogP contribution in [0.1, 0.15) is 22.3 Å². The second-order valence-corrected chi connectivity index (χ2v) is 13.7. The molecule has 0 unspecified atom stereocenters. The molecule has 0 bridgehead atoms. The zero-order valence-corrected chi connectivity index (χ0v) is 30.4. The van der Waals surface area contributed by atoms with Gasteiger partial charge in [-0.05, 0) is 71.8 Å². The van der Waals surface area contributed by atoms with Gasteiger partial charge in [0.05, 0.1) is 36.6 Å². The minimum absolute atomic E-state index is 0.0421. The number of phenols is 2. The van der Waals surface area contributed by atoms with Crippen molar-refractivity contribution in [3.05, 3.63) is 166 Å². The van der Waals surface area contributed by atoms with Crippen molar-refractivity contribution in [1.82, 2.24) is 0 Å². The lowest BCUT2D eigenvalue weighted by Gasteiger charge is -2.13. The highest BCUT2D eigenvalue weighted by Gasteiger charge is 2.11. The van der Waals surface area contributed by atoms with E-state index < -0.39 is 4.92 Å². The number of nitrogens with zero attached hydrogens (tertiary/aromatic N) is 1. The first-order chi connectivity index (χ1) is 25.8. The molecule has 10 nitrogen and oxygen atoms in total. The van der Waals surface area contributed by atoms with E-state index >= 15 is 0 Å². The Morgan fingerprint density at radius 2 is 1.00 bits per heavy atom. The lowest BCUT2D eigenvalue weighted by Crippen LogP contribution is -2.02. The van der Waals surface area contributed by atoms with Crippen LogP contribution in [0.5, 0.6) is 17.2 Å². The van der Waals surface area contributed by atoms with Gasteiger partial charge < -0.3 is 35.8 Å². The molecule has 0 saturated carbocycles. The average molecular weight is 750 g/mol. The number of aliphatic hydroxyl groups excluding tert-OH is 2. The van der Waals surface area contributed by atoms with Crippen LogP contribution in [-0.2, 0) is 26.3 Å². The van der Waals surface area contributed by atoms with Crippen molar-refractivity contribution in [3.63, 3.8) is 0 Å². The molecular weight excluding hydrogens is 711 g/mol. The smallest absolute Gasteiger partial charge is 0.269 e. The number of hydrogen-bond donors (Lipinski definition) is 6.